The predicted molar refractivity (Wildman–Crippen MR) is 50.5 cm³/mol. The lowest BCUT2D eigenvalue weighted by Gasteiger charge is -2.12. The van der Waals surface area contributed by atoms with Crippen LogP contribution in [-0.4, -0.2) is 33.1 Å². The third-order valence-electron chi connectivity index (χ3n) is 1.68. The van der Waals surface area contributed by atoms with Gasteiger partial charge in [0, 0.05) is 5.75 Å². The molecule has 0 saturated heterocycles. The molecule has 0 aliphatic carbocycles. The van der Waals surface area contributed by atoms with Gasteiger partial charge < -0.3 is 19.7 Å². The van der Waals surface area contributed by atoms with E-state index in [0.29, 0.717) is 0 Å². The fourth-order valence-electron chi connectivity index (χ4n) is 0.916. The number of carboxylic acids is 1. The maximum Gasteiger partial charge on any atom is 0.371 e. The Hall–Kier alpha value is -0.980. The van der Waals surface area contributed by atoms with Crippen molar-refractivity contribution in [2.45, 2.75) is 12.2 Å². The summed E-state index contributed by atoms with van der Waals surface area (Å²) in [6.07, 6.45) is -2.33. The van der Waals surface area contributed by atoms with E-state index >= 15 is 0 Å². The van der Waals surface area contributed by atoms with E-state index in [2.05, 4.69) is 12.6 Å². The van der Waals surface area contributed by atoms with Crippen LogP contribution in [0.15, 0.2) is 16.5 Å². The molecule has 14 heavy (non-hydrogen) atoms. The molecule has 0 aliphatic heterocycles. The highest BCUT2D eigenvalue weighted by atomic mass is 32.1. The minimum Gasteiger partial charge on any atom is -0.475 e. The third-order valence-corrected chi connectivity index (χ3v) is 2.05. The van der Waals surface area contributed by atoms with Gasteiger partial charge in [0.25, 0.3) is 0 Å². The summed E-state index contributed by atoms with van der Waals surface area (Å²) < 4.78 is 4.79. The van der Waals surface area contributed by atoms with Crippen LogP contribution in [0.5, 0.6) is 0 Å². The van der Waals surface area contributed by atoms with Crippen molar-refractivity contribution in [2.24, 2.45) is 0 Å². The van der Waals surface area contributed by atoms with Gasteiger partial charge in [-0.15, -0.1) is 0 Å². The van der Waals surface area contributed by atoms with Crippen LogP contribution in [0.2, 0.25) is 0 Å². The maximum absolute atomic E-state index is 10.4. The van der Waals surface area contributed by atoms with Gasteiger partial charge in [-0.25, -0.2) is 4.79 Å². The normalized spacial score (nSPS) is 15.1. The Balaban J connectivity index is 2.81. The van der Waals surface area contributed by atoms with E-state index in [1.165, 1.54) is 12.1 Å². The Morgan fingerprint density at radius 2 is 2.14 bits per heavy atom. The van der Waals surface area contributed by atoms with Gasteiger partial charge in [-0.1, -0.05) is 0 Å². The van der Waals surface area contributed by atoms with E-state index in [0.717, 1.165) is 0 Å². The topological polar surface area (TPSA) is 90.9 Å². The summed E-state index contributed by atoms with van der Waals surface area (Å²) in [5, 5.41) is 27.1. The number of carbonyl (C=O) groups is 1. The number of hydrogen-bond acceptors (Lipinski definition) is 5. The maximum atomic E-state index is 10.4. The number of hydrogen-bond donors (Lipinski definition) is 4. The fraction of sp³-hybridized carbons (Fsp3) is 0.375. The average Bonchev–Trinajstić information content (AvgIpc) is 2.64. The number of aliphatic hydroxyl groups is 2. The summed E-state index contributed by atoms with van der Waals surface area (Å²) in [6, 6.07) is 2.52. The number of thiol groups is 1. The first-order valence-electron chi connectivity index (χ1n) is 3.86. The van der Waals surface area contributed by atoms with Crippen LogP contribution in [-0.2, 0) is 0 Å². The highest BCUT2D eigenvalue weighted by Crippen LogP contribution is 2.20. The third kappa shape index (κ3) is 2.28. The molecule has 5 nitrogen and oxygen atoms in total. The van der Waals surface area contributed by atoms with E-state index in [1.807, 2.05) is 0 Å². The Kier molecular flexibility index (Phi) is 3.56. The van der Waals surface area contributed by atoms with Crippen molar-refractivity contribution in [3.8, 4) is 0 Å². The minimum atomic E-state index is -1.25. The Morgan fingerprint density at radius 3 is 2.57 bits per heavy atom. The SMILES string of the molecule is O=C(O)c1ccc(C(O)C(O)CS)o1. The molecule has 2 unspecified atom stereocenters. The number of furan rings is 1. The van der Waals surface area contributed by atoms with Crippen molar-refractivity contribution in [3.63, 3.8) is 0 Å². The van der Waals surface area contributed by atoms with E-state index in [9.17, 15) is 15.0 Å². The second-order valence-corrected chi connectivity index (χ2v) is 3.07. The lowest BCUT2D eigenvalue weighted by Crippen LogP contribution is -2.19. The monoisotopic (exact) mass is 218 g/mol. The highest BCUT2D eigenvalue weighted by Gasteiger charge is 2.21. The first-order chi connectivity index (χ1) is 6.56. The van der Waals surface area contributed by atoms with E-state index in [-0.39, 0.29) is 17.3 Å². The molecule has 1 aromatic rings. The van der Waals surface area contributed by atoms with Crippen molar-refractivity contribution in [3.05, 3.63) is 23.7 Å². The Bertz CT molecular complexity index is 321. The van der Waals surface area contributed by atoms with Crippen molar-refractivity contribution < 1.29 is 24.5 Å². The average molecular weight is 218 g/mol. The molecule has 0 saturated carbocycles. The Labute approximate surface area is 85.4 Å². The first-order valence-corrected chi connectivity index (χ1v) is 4.49. The second-order valence-electron chi connectivity index (χ2n) is 2.70. The van der Waals surface area contributed by atoms with Crippen molar-refractivity contribution >= 4 is 18.6 Å². The zero-order valence-corrected chi connectivity index (χ0v) is 8.02. The van der Waals surface area contributed by atoms with Gasteiger partial charge in [-0.3, -0.25) is 0 Å². The number of rotatable bonds is 4. The summed E-state index contributed by atoms with van der Waals surface area (Å²) in [5.74, 6) is -1.41. The number of carboxylic acid groups (broad SMARTS) is 1. The van der Waals surface area contributed by atoms with Gasteiger partial charge in [-0.2, -0.15) is 12.6 Å². The summed E-state index contributed by atoms with van der Waals surface area (Å²) in [6.45, 7) is 0. The molecule has 3 N–H and O–H groups in total. The summed E-state index contributed by atoms with van der Waals surface area (Å²) >= 11 is 3.78. The molecule has 0 bridgehead atoms. The minimum absolute atomic E-state index is 0.0175. The van der Waals surface area contributed by atoms with Crippen LogP contribution in [0.4, 0.5) is 0 Å². The smallest absolute Gasteiger partial charge is 0.371 e. The Morgan fingerprint density at radius 1 is 1.50 bits per heavy atom. The number of aromatic carboxylic acids is 1. The molecule has 1 heterocycles. The lowest BCUT2D eigenvalue weighted by atomic mass is 10.2. The molecule has 1 aromatic heterocycles. The summed E-state index contributed by atoms with van der Waals surface area (Å²) in [4.78, 5) is 10.4. The van der Waals surface area contributed by atoms with E-state index < -0.39 is 18.2 Å². The van der Waals surface area contributed by atoms with Gasteiger partial charge in [0.2, 0.25) is 5.76 Å². The predicted octanol–water partition coefficient (Wildman–Crippen LogP) is 0.302. The zero-order valence-electron chi connectivity index (χ0n) is 7.12. The van der Waals surface area contributed by atoms with Crippen molar-refractivity contribution in [1.82, 2.24) is 0 Å². The molecule has 0 aliphatic rings. The van der Waals surface area contributed by atoms with Crippen LogP contribution in [0.1, 0.15) is 22.4 Å². The molecular formula is C8H10O5S. The van der Waals surface area contributed by atoms with E-state index in [4.69, 9.17) is 9.52 Å². The molecule has 78 valence electrons. The van der Waals surface area contributed by atoms with E-state index in [1.54, 1.807) is 0 Å². The van der Waals surface area contributed by atoms with Crippen molar-refractivity contribution in [1.29, 1.82) is 0 Å². The molecule has 2 atom stereocenters. The van der Waals surface area contributed by atoms with Crippen LogP contribution >= 0.6 is 12.6 Å². The summed E-state index contributed by atoms with van der Waals surface area (Å²) in [7, 11) is 0. The lowest BCUT2D eigenvalue weighted by molar-refractivity contribution is 0.0185. The van der Waals surface area contributed by atoms with Crippen LogP contribution in [0.25, 0.3) is 0 Å². The quantitative estimate of drug-likeness (QED) is 0.546. The standard InChI is InChI=1S/C8H10O5S/c9-4(3-14)7(10)5-1-2-6(13-5)8(11)12/h1-2,4,7,9-10,14H,3H2,(H,11,12). The molecular weight excluding hydrogens is 208 g/mol. The molecule has 1 rings (SSSR count). The molecule has 0 amide bonds. The van der Waals surface area contributed by atoms with Crippen LogP contribution in [0, 0.1) is 0 Å². The highest BCUT2D eigenvalue weighted by molar-refractivity contribution is 7.80. The van der Waals surface area contributed by atoms with Gasteiger partial charge in [0.15, 0.2) is 0 Å². The van der Waals surface area contributed by atoms with Crippen molar-refractivity contribution in [2.75, 3.05) is 5.75 Å². The van der Waals surface area contributed by atoms with Crippen LogP contribution < -0.4 is 0 Å². The molecule has 0 spiro atoms. The number of aliphatic hydroxyl groups excluding tert-OH is 2. The van der Waals surface area contributed by atoms with Gasteiger partial charge in [-0.05, 0) is 12.1 Å². The first kappa shape index (κ1) is 11.1. The molecule has 6 heteroatoms. The van der Waals surface area contributed by atoms with Crippen LogP contribution in [0.3, 0.4) is 0 Å². The molecule has 0 radical (unpaired) electrons. The molecule has 0 aromatic carbocycles. The fourth-order valence-corrected chi connectivity index (χ4v) is 1.12. The summed E-state index contributed by atoms with van der Waals surface area (Å²) in [5.41, 5.74) is 0. The largest absolute Gasteiger partial charge is 0.475 e. The van der Waals surface area contributed by atoms with Gasteiger partial charge >= 0.3 is 5.97 Å². The molecule has 0 fully saturated rings. The van der Waals surface area contributed by atoms with Gasteiger partial charge in [0.05, 0.1) is 6.10 Å². The van der Waals surface area contributed by atoms with Gasteiger partial charge in [0.1, 0.15) is 11.9 Å². The zero-order chi connectivity index (χ0) is 10.7. The second kappa shape index (κ2) is 4.50.